The van der Waals surface area contributed by atoms with Crippen molar-refractivity contribution in [3.63, 3.8) is 0 Å². The van der Waals surface area contributed by atoms with Gasteiger partial charge in [0.05, 0.1) is 17.2 Å². The standard InChI is InChI=1S/C23H20N4O4/c1-16-7-10-22-25-19(14-26(22)13-16)12-24-23(28)18-8-9-21(20(11-18)27(29)30)31-15-17-5-3-2-4-6-17/h2-11,13-14H,12,15H2,1H3,(H,24,28). The van der Waals surface area contributed by atoms with Gasteiger partial charge in [-0.25, -0.2) is 4.98 Å². The Kier molecular flexibility index (Phi) is 5.61. The van der Waals surface area contributed by atoms with Crippen molar-refractivity contribution >= 4 is 17.2 Å². The number of amides is 1. The Bertz CT molecular complexity index is 1250. The molecule has 31 heavy (non-hydrogen) atoms. The zero-order valence-corrected chi connectivity index (χ0v) is 16.8. The molecule has 1 amide bonds. The Morgan fingerprint density at radius 3 is 2.71 bits per heavy atom. The number of pyridine rings is 1. The lowest BCUT2D eigenvalue weighted by atomic mass is 10.1. The number of carbonyl (C=O) groups excluding carboxylic acids is 1. The van der Waals surface area contributed by atoms with Gasteiger partial charge in [0.1, 0.15) is 12.3 Å². The smallest absolute Gasteiger partial charge is 0.311 e. The van der Waals surface area contributed by atoms with Gasteiger partial charge < -0.3 is 14.5 Å². The second-order valence-electron chi connectivity index (χ2n) is 7.10. The number of nitro benzene ring substituents is 1. The number of carbonyl (C=O) groups is 1. The summed E-state index contributed by atoms with van der Waals surface area (Å²) in [5, 5.41) is 14.3. The van der Waals surface area contributed by atoms with Crippen LogP contribution in [0.25, 0.3) is 5.65 Å². The van der Waals surface area contributed by atoms with Crippen molar-refractivity contribution in [3.05, 3.63) is 106 Å². The quantitative estimate of drug-likeness (QED) is 0.362. The molecule has 0 saturated heterocycles. The van der Waals surface area contributed by atoms with E-state index in [4.69, 9.17) is 4.74 Å². The van der Waals surface area contributed by atoms with Crippen LogP contribution in [0, 0.1) is 17.0 Å². The zero-order chi connectivity index (χ0) is 21.8. The highest BCUT2D eigenvalue weighted by atomic mass is 16.6. The molecule has 0 fully saturated rings. The molecule has 8 heteroatoms. The van der Waals surface area contributed by atoms with Gasteiger partial charge in [0, 0.05) is 24.0 Å². The number of ether oxygens (including phenoxy) is 1. The van der Waals surface area contributed by atoms with Gasteiger partial charge in [-0.1, -0.05) is 36.4 Å². The lowest BCUT2D eigenvalue weighted by Gasteiger charge is -2.09. The zero-order valence-electron chi connectivity index (χ0n) is 16.8. The molecule has 0 unspecified atom stereocenters. The fourth-order valence-corrected chi connectivity index (χ4v) is 3.17. The minimum absolute atomic E-state index is 0.112. The molecule has 0 saturated carbocycles. The van der Waals surface area contributed by atoms with Crippen LogP contribution in [0.5, 0.6) is 5.75 Å². The van der Waals surface area contributed by atoms with Crippen LogP contribution in [-0.4, -0.2) is 20.2 Å². The average Bonchev–Trinajstić information content (AvgIpc) is 3.18. The second-order valence-corrected chi connectivity index (χ2v) is 7.10. The van der Waals surface area contributed by atoms with E-state index in [9.17, 15) is 14.9 Å². The van der Waals surface area contributed by atoms with Crippen molar-refractivity contribution in [2.45, 2.75) is 20.1 Å². The summed E-state index contributed by atoms with van der Waals surface area (Å²) in [6.07, 6.45) is 3.79. The Labute approximate surface area is 178 Å². The largest absolute Gasteiger partial charge is 0.482 e. The first-order valence-electron chi connectivity index (χ1n) is 9.67. The topological polar surface area (TPSA) is 98.8 Å². The van der Waals surface area contributed by atoms with E-state index in [0.29, 0.717) is 5.69 Å². The summed E-state index contributed by atoms with van der Waals surface area (Å²) in [6, 6.07) is 17.4. The molecule has 0 aliphatic heterocycles. The number of fused-ring (bicyclic) bond motifs is 1. The second kappa shape index (κ2) is 8.66. The highest BCUT2D eigenvalue weighted by Crippen LogP contribution is 2.28. The van der Waals surface area contributed by atoms with E-state index in [1.165, 1.54) is 18.2 Å². The van der Waals surface area contributed by atoms with Crippen LogP contribution in [0.3, 0.4) is 0 Å². The van der Waals surface area contributed by atoms with Crippen molar-refractivity contribution in [3.8, 4) is 5.75 Å². The fourth-order valence-electron chi connectivity index (χ4n) is 3.17. The Morgan fingerprint density at radius 1 is 1.13 bits per heavy atom. The van der Waals surface area contributed by atoms with Crippen molar-refractivity contribution < 1.29 is 14.5 Å². The molecule has 2 heterocycles. The van der Waals surface area contributed by atoms with Crippen LogP contribution in [0.2, 0.25) is 0 Å². The van der Waals surface area contributed by atoms with Crippen LogP contribution in [0.15, 0.2) is 73.1 Å². The number of hydrogen-bond donors (Lipinski definition) is 1. The number of nitro groups is 1. The summed E-state index contributed by atoms with van der Waals surface area (Å²) in [5.74, 6) is -0.313. The maximum absolute atomic E-state index is 12.5. The predicted molar refractivity (Wildman–Crippen MR) is 115 cm³/mol. The molecule has 0 aliphatic carbocycles. The number of aromatic nitrogens is 2. The minimum Gasteiger partial charge on any atom is -0.482 e. The normalized spacial score (nSPS) is 10.7. The first-order chi connectivity index (χ1) is 15.0. The fraction of sp³-hybridized carbons (Fsp3) is 0.130. The van der Waals surface area contributed by atoms with Crippen LogP contribution in [0.4, 0.5) is 5.69 Å². The van der Waals surface area contributed by atoms with E-state index >= 15 is 0 Å². The van der Waals surface area contributed by atoms with Crippen LogP contribution in [0.1, 0.15) is 27.2 Å². The molecule has 2 aromatic carbocycles. The lowest BCUT2D eigenvalue weighted by Crippen LogP contribution is -2.23. The molecule has 2 aromatic heterocycles. The summed E-state index contributed by atoms with van der Waals surface area (Å²) in [6.45, 7) is 2.39. The molecule has 8 nitrogen and oxygen atoms in total. The summed E-state index contributed by atoms with van der Waals surface area (Å²) < 4.78 is 7.50. The van der Waals surface area contributed by atoms with Crippen molar-refractivity contribution in [2.75, 3.05) is 0 Å². The Morgan fingerprint density at radius 2 is 1.94 bits per heavy atom. The van der Waals surface area contributed by atoms with Gasteiger partial charge in [-0.05, 0) is 36.2 Å². The molecule has 0 radical (unpaired) electrons. The highest BCUT2D eigenvalue weighted by Gasteiger charge is 2.19. The van der Waals surface area contributed by atoms with Gasteiger partial charge in [-0.15, -0.1) is 0 Å². The van der Waals surface area contributed by atoms with Crippen LogP contribution < -0.4 is 10.1 Å². The summed E-state index contributed by atoms with van der Waals surface area (Å²) in [7, 11) is 0. The maximum atomic E-state index is 12.5. The molecule has 0 aliphatic rings. The predicted octanol–water partition coefficient (Wildman–Crippen LogP) is 4.06. The molecule has 4 rings (SSSR count). The van der Waals surface area contributed by atoms with Crippen molar-refractivity contribution in [1.29, 1.82) is 0 Å². The van der Waals surface area contributed by atoms with E-state index in [1.807, 2.05) is 66.2 Å². The number of rotatable bonds is 7. The van der Waals surface area contributed by atoms with E-state index in [0.717, 1.165) is 16.8 Å². The molecule has 0 spiro atoms. The maximum Gasteiger partial charge on any atom is 0.311 e. The van der Waals surface area contributed by atoms with Crippen molar-refractivity contribution in [1.82, 2.24) is 14.7 Å². The molecule has 1 N–H and O–H groups in total. The van der Waals surface area contributed by atoms with E-state index in [1.54, 1.807) is 0 Å². The number of nitrogens with zero attached hydrogens (tertiary/aromatic N) is 3. The third-order valence-corrected chi connectivity index (χ3v) is 4.73. The van der Waals surface area contributed by atoms with Crippen LogP contribution in [-0.2, 0) is 13.2 Å². The molecule has 0 bridgehead atoms. The first-order valence-corrected chi connectivity index (χ1v) is 9.67. The SMILES string of the molecule is Cc1ccc2nc(CNC(=O)c3ccc(OCc4ccccc4)c([N+](=O)[O-])c3)cn2c1. The van der Waals surface area contributed by atoms with Crippen molar-refractivity contribution in [2.24, 2.45) is 0 Å². The van der Waals surface area contributed by atoms with Gasteiger partial charge >= 0.3 is 5.69 Å². The molecule has 0 atom stereocenters. The van der Waals surface area contributed by atoms with E-state index in [2.05, 4.69) is 10.3 Å². The number of benzene rings is 2. The van der Waals surface area contributed by atoms with E-state index in [-0.39, 0.29) is 30.2 Å². The Hall–Kier alpha value is -4.20. The number of hydrogen-bond acceptors (Lipinski definition) is 5. The number of nitrogens with one attached hydrogen (secondary N) is 1. The number of aryl methyl sites for hydroxylation is 1. The molecule has 4 aromatic rings. The van der Waals surface area contributed by atoms with Gasteiger partial charge in [0.15, 0.2) is 5.75 Å². The van der Waals surface area contributed by atoms with Gasteiger partial charge in [0.2, 0.25) is 0 Å². The first kappa shape index (κ1) is 20.1. The molecular formula is C23H20N4O4. The molecular weight excluding hydrogens is 396 g/mol. The van der Waals surface area contributed by atoms with E-state index < -0.39 is 10.8 Å². The third-order valence-electron chi connectivity index (χ3n) is 4.73. The summed E-state index contributed by atoms with van der Waals surface area (Å²) in [5.41, 5.74) is 3.38. The molecule has 156 valence electrons. The summed E-state index contributed by atoms with van der Waals surface area (Å²) >= 11 is 0. The lowest BCUT2D eigenvalue weighted by molar-refractivity contribution is -0.386. The van der Waals surface area contributed by atoms with Crippen LogP contribution >= 0.6 is 0 Å². The number of imidazole rings is 1. The summed E-state index contributed by atoms with van der Waals surface area (Å²) in [4.78, 5) is 27.9. The Balaban J connectivity index is 1.45. The average molecular weight is 416 g/mol. The monoisotopic (exact) mass is 416 g/mol. The highest BCUT2D eigenvalue weighted by molar-refractivity contribution is 5.95. The third kappa shape index (κ3) is 4.69. The van der Waals surface area contributed by atoms with Gasteiger partial charge in [-0.3, -0.25) is 14.9 Å². The van der Waals surface area contributed by atoms with Gasteiger partial charge in [0.25, 0.3) is 5.91 Å². The van der Waals surface area contributed by atoms with Gasteiger partial charge in [-0.2, -0.15) is 0 Å². The minimum atomic E-state index is -0.554.